The number of hydrogen-bond acceptors (Lipinski definition) is 3. The Morgan fingerprint density at radius 2 is 1.91 bits per heavy atom. The van der Waals surface area contributed by atoms with Gasteiger partial charge in [-0.2, -0.15) is 0 Å². The van der Waals surface area contributed by atoms with Crippen molar-refractivity contribution in [2.24, 2.45) is 0 Å². The zero-order valence-electron chi connectivity index (χ0n) is 13.0. The smallest absolute Gasteiger partial charge is 0.228 e. The second-order valence-electron chi connectivity index (χ2n) is 4.92. The third-order valence-corrected chi connectivity index (χ3v) is 3.35. The van der Waals surface area contributed by atoms with Gasteiger partial charge in [0.2, 0.25) is 5.91 Å². The normalized spacial score (nSPS) is 10.3. The highest BCUT2D eigenvalue weighted by atomic mass is 35.5. The summed E-state index contributed by atoms with van der Waals surface area (Å²) in [5.41, 5.74) is 1.62. The van der Waals surface area contributed by atoms with Crippen LogP contribution < -0.4 is 10.1 Å². The lowest BCUT2D eigenvalue weighted by molar-refractivity contribution is -0.115. The average Bonchev–Trinajstić information content (AvgIpc) is 2.54. The second-order valence-corrected chi connectivity index (χ2v) is 5.36. The fraction of sp³-hybridized carbons (Fsp3) is 0.278. The zero-order valence-corrected chi connectivity index (χ0v) is 13.8. The summed E-state index contributed by atoms with van der Waals surface area (Å²) >= 11 is 5.83. The van der Waals surface area contributed by atoms with Crippen molar-refractivity contribution in [3.8, 4) is 5.75 Å². The van der Waals surface area contributed by atoms with Crippen LogP contribution in [0.5, 0.6) is 5.75 Å². The van der Waals surface area contributed by atoms with Crippen molar-refractivity contribution >= 4 is 23.2 Å². The van der Waals surface area contributed by atoms with Gasteiger partial charge in [0.1, 0.15) is 12.4 Å². The van der Waals surface area contributed by atoms with Crippen LogP contribution in [0.1, 0.15) is 12.5 Å². The molecule has 2 rings (SSSR count). The summed E-state index contributed by atoms with van der Waals surface area (Å²) < 4.78 is 10.8. The molecule has 0 saturated heterocycles. The molecule has 2 aromatic rings. The van der Waals surface area contributed by atoms with Crippen molar-refractivity contribution in [3.63, 3.8) is 0 Å². The predicted molar refractivity (Wildman–Crippen MR) is 92.2 cm³/mol. The molecule has 1 amide bonds. The number of carbonyl (C=O) groups is 1. The number of hydrogen-bond donors (Lipinski definition) is 1. The molecule has 0 radical (unpaired) electrons. The molecule has 1 N–H and O–H groups in total. The van der Waals surface area contributed by atoms with E-state index in [1.165, 1.54) is 0 Å². The summed E-state index contributed by atoms with van der Waals surface area (Å²) in [6.45, 7) is 3.64. The molecular weight excluding hydrogens is 314 g/mol. The number of benzene rings is 2. The Hall–Kier alpha value is -2.04. The Bertz CT molecular complexity index is 628. The van der Waals surface area contributed by atoms with Crippen LogP contribution >= 0.6 is 11.6 Å². The summed E-state index contributed by atoms with van der Waals surface area (Å²) in [4.78, 5) is 12.1. The van der Waals surface area contributed by atoms with Gasteiger partial charge in [-0.1, -0.05) is 29.8 Å². The van der Waals surface area contributed by atoms with Crippen molar-refractivity contribution in [3.05, 3.63) is 59.1 Å². The fourth-order valence-electron chi connectivity index (χ4n) is 2.02. The van der Waals surface area contributed by atoms with Crippen LogP contribution in [0.4, 0.5) is 5.69 Å². The van der Waals surface area contributed by atoms with E-state index < -0.39 is 0 Å². The Morgan fingerprint density at radius 1 is 1.13 bits per heavy atom. The van der Waals surface area contributed by atoms with Crippen molar-refractivity contribution in [1.82, 2.24) is 0 Å². The lowest BCUT2D eigenvalue weighted by Gasteiger charge is -2.09. The maximum Gasteiger partial charge on any atom is 0.228 e. The molecule has 0 aliphatic heterocycles. The summed E-state index contributed by atoms with van der Waals surface area (Å²) in [5, 5.41) is 3.52. The van der Waals surface area contributed by atoms with E-state index in [0.717, 1.165) is 5.56 Å². The van der Waals surface area contributed by atoms with Gasteiger partial charge in [0.05, 0.1) is 13.0 Å². The number of anilines is 1. The van der Waals surface area contributed by atoms with Gasteiger partial charge in [-0.3, -0.25) is 4.79 Å². The first kappa shape index (κ1) is 17.3. The van der Waals surface area contributed by atoms with E-state index in [-0.39, 0.29) is 5.91 Å². The minimum atomic E-state index is -0.0845. The molecule has 0 aliphatic rings. The van der Waals surface area contributed by atoms with E-state index in [1.54, 1.807) is 18.2 Å². The van der Waals surface area contributed by atoms with Crippen LogP contribution in [0.3, 0.4) is 0 Å². The zero-order chi connectivity index (χ0) is 16.5. The molecule has 0 saturated carbocycles. The Morgan fingerprint density at radius 3 is 2.65 bits per heavy atom. The maximum absolute atomic E-state index is 12.1. The molecule has 0 spiro atoms. The minimum absolute atomic E-state index is 0.0845. The van der Waals surface area contributed by atoms with Crippen LogP contribution in [0, 0.1) is 0 Å². The first-order valence-electron chi connectivity index (χ1n) is 7.52. The molecule has 0 unspecified atom stereocenters. The van der Waals surface area contributed by atoms with E-state index >= 15 is 0 Å². The van der Waals surface area contributed by atoms with E-state index in [2.05, 4.69) is 5.32 Å². The van der Waals surface area contributed by atoms with Gasteiger partial charge in [-0.05, 0) is 36.8 Å². The van der Waals surface area contributed by atoms with Gasteiger partial charge in [0, 0.05) is 23.4 Å². The molecule has 23 heavy (non-hydrogen) atoms. The first-order valence-corrected chi connectivity index (χ1v) is 7.90. The largest absolute Gasteiger partial charge is 0.491 e. The summed E-state index contributed by atoms with van der Waals surface area (Å²) in [7, 11) is 0. The van der Waals surface area contributed by atoms with Crippen molar-refractivity contribution in [1.29, 1.82) is 0 Å². The summed E-state index contributed by atoms with van der Waals surface area (Å²) in [6.07, 6.45) is 0.298. The lowest BCUT2D eigenvalue weighted by Crippen LogP contribution is -2.14. The van der Waals surface area contributed by atoms with Gasteiger partial charge in [-0.15, -0.1) is 0 Å². The standard InChI is InChI=1S/C18H20ClNO3/c1-2-22-10-11-23-17-5-3-4-16(13-17)20-18(21)12-14-6-8-15(19)9-7-14/h3-9,13H,2,10-12H2,1H3,(H,20,21). The van der Waals surface area contributed by atoms with Gasteiger partial charge in [0.15, 0.2) is 0 Å². The number of amides is 1. The van der Waals surface area contributed by atoms with Crippen LogP contribution in [-0.4, -0.2) is 25.7 Å². The molecule has 0 aromatic heterocycles. The number of nitrogens with one attached hydrogen (secondary N) is 1. The minimum Gasteiger partial charge on any atom is -0.491 e. The maximum atomic E-state index is 12.1. The number of halogens is 1. The van der Waals surface area contributed by atoms with Crippen molar-refractivity contribution < 1.29 is 14.3 Å². The molecule has 4 nitrogen and oxygen atoms in total. The summed E-state index contributed by atoms with van der Waals surface area (Å²) in [5.74, 6) is 0.618. The molecule has 122 valence electrons. The SMILES string of the molecule is CCOCCOc1cccc(NC(=O)Cc2ccc(Cl)cc2)c1. The van der Waals surface area contributed by atoms with Crippen LogP contribution in [0.25, 0.3) is 0 Å². The first-order chi connectivity index (χ1) is 11.2. The number of carbonyl (C=O) groups excluding carboxylic acids is 1. The molecule has 5 heteroatoms. The van der Waals surface area contributed by atoms with Crippen LogP contribution in [-0.2, 0) is 16.0 Å². The van der Waals surface area contributed by atoms with E-state index in [1.807, 2.05) is 37.3 Å². The topological polar surface area (TPSA) is 47.6 Å². The second kappa shape index (κ2) is 9.18. The van der Waals surface area contributed by atoms with Crippen LogP contribution in [0.15, 0.2) is 48.5 Å². The Balaban J connectivity index is 1.86. The van der Waals surface area contributed by atoms with Gasteiger partial charge in [-0.25, -0.2) is 0 Å². The molecular formula is C18H20ClNO3. The van der Waals surface area contributed by atoms with E-state index in [4.69, 9.17) is 21.1 Å². The highest BCUT2D eigenvalue weighted by Crippen LogP contribution is 2.18. The Labute approximate surface area is 141 Å². The molecule has 2 aromatic carbocycles. The third kappa shape index (κ3) is 6.30. The lowest BCUT2D eigenvalue weighted by atomic mass is 10.1. The van der Waals surface area contributed by atoms with Crippen molar-refractivity contribution in [2.45, 2.75) is 13.3 Å². The fourth-order valence-corrected chi connectivity index (χ4v) is 2.15. The highest BCUT2D eigenvalue weighted by molar-refractivity contribution is 6.30. The highest BCUT2D eigenvalue weighted by Gasteiger charge is 2.05. The molecule has 0 heterocycles. The quantitative estimate of drug-likeness (QED) is 0.744. The van der Waals surface area contributed by atoms with E-state index in [0.29, 0.717) is 42.7 Å². The van der Waals surface area contributed by atoms with Gasteiger partial charge < -0.3 is 14.8 Å². The monoisotopic (exact) mass is 333 g/mol. The third-order valence-electron chi connectivity index (χ3n) is 3.10. The number of ether oxygens (including phenoxy) is 2. The predicted octanol–water partition coefficient (Wildman–Crippen LogP) is 3.94. The average molecular weight is 334 g/mol. The van der Waals surface area contributed by atoms with Crippen molar-refractivity contribution in [2.75, 3.05) is 25.1 Å². The van der Waals surface area contributed by atoms with Gasteiger partial charge >= 0.3 is 0 Å². The van der Waals surface area contributed by atoms with Crippen LogP contribution in [0.2, 0.25) is 5.02 Å². The molecule has 0 aliphatic carbocycles. The molecule has 0 bridgehead atoms. The molecule has 0 fully saturated rings. The summed E-state index contributed by atoms with van der Waals surface area (Å²) in [6, 6.07) is 14.5. The molecule has 0 atom stereocenters. The van der Waals surface area contributed by atoms with E-state index in [9.17, 15) is 4.79 Å². The van der Waals surface area contributed by atoms with Gasteiger partial charge in [0.25, 0.3) is 0 Å². The number of rotatable bonds is 8. The Kier molecular flexibility index (Phi) is 6.91.